The number of thiazole rings is 1. The van der Waals surface area contributed by atoms with Crippen molar-refractivity contribution in [2.24, 2.45) is 0 Å². The summed E-state index contributed by atoms with van der Waals surface area (Å²) in [5, 5.41) is 27.4. The number of rotatable bonds is 7. The SMILES string of the molecule is CC(=O)Nc1cc(NC(C)C(=O)O)ccc1C(=O)Nc1nc(C)c([N+](=O)[O-])s1. The first-order valence-corrected chi connectivity index (χ1v) is 8.74. The maximum Gasteiger partial charge on any atom is 0.348 e. The van der Waals surface area contributed by atoms with Crippen molar-refractivity contribution in [1.82, 2.24) is 4.98 Å². The third kappa shape index (κ3) is 5.01. The Morgan fingerprint density at radius 2 is 1.96 bits per heavy atom. The van der Waals surface area contributed by atoms with Crippen LogP contribution in [0.3, 0.4) is 0 Å². The molecule has 0 saturated heterocycles. The van der Waals surface area contributed by atoms with Crippen molar-refractivity contribution in [2.75, 3.05) is 16.0 Å². The number of hydrogen-bond acceptors (Lipinski definition) is 8. The molecule has 1 unspecified atom stereocenters. The molecule has 1 aromatic heterocycles. The summed E-state index contributed by atoms with van der Waals surface area (Å²) in [6, 6.07) is 3.41. The van der Waals surface area contributed by atoms with Crippen molar-refractivity contribution >= 4 is 50.6 Å². The quantitative estimate of drug-likeness (QED) is 0.401. The van der Waals surface area contributed by atoms with E-state index in [9.17, 15) is 24.5 Å². The fourth-order valence-electron chi connectivity index (χ4n) is 2.21. The number of carbonyl (C=O) groups excluding carboxylic acids is 2. The zero-order chi connectivity index (χ0) is 21.0. The number of nitro groups is 1. The number of nitrogens with one attached hydrogen (secondary N) is 3. The predicted octanol–water partition coefficient (Wildman–Crippen LogP) is 2.46. The van der Waals surface area contributed by atoms with Gasteiger partial charge in [-0.05, 0) is 43.4 Å². The number of nitrogens with zero attached hydrogens (tertiary/aromatic N) is 2. The molecule has 2 rings (SSSR count). The Morgan fingerprint density at radius 1 is 1.29 bits per heavy atom. The second-order valence-electron chi connectivity index (χ2n) is 5.77. The number of carbonyl (C=O) groups is 3. The molecule has 1 aromatic carbocycles. The van der Waals surface area contributed by atoms with Gasteiger partial charge >= 0.3 is 11.0 Å². The van der Waals surface area contributed by atoms with Crippen LogP contribution in [0.15, 0.2) is 18.2 Å². The Hall–Kier alpha value is -3.54. The van der Waals surface area contributed by atoms with Gasteiger partial charge in [0.15, 0.2) is 5.13 Å². The largest absolute Gasteiger partial charge is 0.480 e. The zero-order valence-electron chi connectivity index (χ0n) is 15.1. The molecule has 0 spiro atoms. The van der Waals surface area contributed by atoms with Gasteiger partial charge in [-0.25, -0.2) is 4.98 Å². The van der Waals surface area contributed by atoms with E-state index in [1.54, 1.807) is 0 Å². The van der Waals surface area contributed by atoms with Gasteiger partial charge in [-0.15, -0.1) is 0 Å². The molecule has 0 aliphatic heterocycles. The van der Waals surface area contributed by atoms with Crippen molar-refractivity contribution in [3.8, 4) is 0 Å². The van der Waals surface area contributed by atoms with Crippen LogP contribution >= 0.6 is 11.3 Å². The molecule has 148 valence electrons. The minimum absolute atomic E-state index is 0.0460. The minimum atomic E-state index is -1.07. The molecule has 4 N–H and O–H groups in total. The zero-order valence-corrected chi connectivity index (χ0v) is 15.9. The summed E-state index contributed by atoms with van der Waals surface area (Å²) in [5.74, 6) is -2.13. The number of carboxylic acid groups (broad SMARTS) is 1. The molecule has 2 amide bonds. The minimum Gasteiger partial charge on any atom is -0.480 e. The summed E-state index contributed by atoms with van der Waals surface area (Å²) in [6.45, 7) is 4.16. The van der Waals surface area contributed by atoms with Gasteiger partial charge in [0.1, 0.15) is 11.7 Å². The lowest BCUT2D eigenvalue weighted by molar-refractivity contribution is -0.380. The number of anilines is 3. The van der Waals surface area contributed by atoms with Crippen molar-refractivity contribution in [3.63, 3.8) is 0 Å². The van der Waals surface area contributed by atoms with E-state index in [0.29, 0.717) is 5.69 Å². The number of aryl methyl sites for hydroxylation is 1. The van der Waals surface area contributed by atoms with Crippen LogP contribution in [0.5, 0.6) is 0 Å². The number of hydrogen-bond donors (Lipinski definition) is 4. The highest BCUT2D eigenvalue weighted by molar-refractivity contribution is 7.19. The normalized spacial score (nSPS) is 11.4. The summed E-state index contributed by atoms with van der Waals surface area (Å²) >= 11 is 0.718. The molecule has 0 fully saturated rings. The molecule has 0 radical (unpaired) electrons. The molecule has 2 aromatic rings. The number of aliphatic carboxylic acids is 1. The molecule has 1 atom stereocenters. The molecule has 0 aliphatic carbocycles. The van der Waals surface area contributed by atoms with E-state index >= 15 is 0 Å². The summed E-state index contributed by atoms with van der Waals surface area (Å²) < 4.78 is 0. The van der Waals surface area contributed by atoms with Crippen molar-refractivity contribution in [1.29, 1.82) is 0 Å². The van der Waals surface area contributed by atoms with Gasteiger partial charge in [0, 0.05) is 12.6 Å². The van der Waals surface area contributed by atoms with Gasteiger partial charge in [0.25, 0.3) is 5.91 Å². The molecular formula is C16H17N5O6S. The lowest BCUT2D eigenvalue weighted by atomic mass is 10.1. The first-order valence-electron chi connectivity index (χ1n) is 7.92. The van der Waals surface area contributed by atoms with Gasteiger partial charge in [-0.3, -0.25) is 29.8 Å². The van der Waals surface area contributed by atoms with Gasteiger partial charge in [-0.1, -0.05) is 0 Å². The van der Waals surface area contributed by atoms with Gasteiger partial charge in [0.2, 0.25) is 5.91 Å². The van der Waals surface area contributed by atoms with E-state index in [4.69, 9.17) is 5.11 Å². The first-order chi connectivity index (χ1) is 13.1. The Labute approximate surface area is 162 Å². The molecule has 11 nitrogen and oxygen atoms in total. The highest BCUT2D eigenvalue weighted by Crippen LogP contribution is 2.30. The lowest BCUT2D eigenvalue weighted by Gasteiger charge is -2.15. The Balaban J connectivity index is 2.30. The predicted molar refractivity (Wildman–Crippen MR) is 103 cm³/mol. The van der Waals surface area contributed by atoms with E-state index in [1.165, 1.54) is 39.0 Å². The molecule has 0 saturated carbocycles. The Morgan fingerprint density at radius 3 is 2.50 bits per heavy atom. The summed E-state index contributed by atoms with van der Waals surface area (Å²) in [4.78, 5) is 49.3. The van der Waals surface area contributed by atoms with Crippen LogP contribution < -0.4 is 16.0 Å². The Bertz CT molecular complexity index is 957. The van der Waals surface area contributed by atoms with Crippen LogP contribution in [0.2, 0.25) is 0 Å². The molecule has 0 aliphatic rings. The van der Waals surface area contributed by atoms with Gasteiger partial charge in [-0.2, -0.15) is 0 Å². The monoisotopic (exact) mass is 407 g/mol. The molecule has 12 heteroatoms. The lowest BCUT2D eigenvalue weighted by Crippen LogP contribution is -2.25. The number of aromatic nitrogens is 1. The van der Waals surface area contributed by atoms with Crippen LogP contribution in [0.25, 0.3) is 0 Å². The summed E-state index contributed by atoms with van der Waals surface area (Å²) in [6.07, 6.45) is 0. The molecule has 1 heterocycles. The number of amides is 2. The summed E-state index contributed by atoms with van der Waals surface area (Å²) in [5.41, 5.74) is 0.792. The maximum absolute atomic E-state index is 12.6. The second-order valence-corrected chi connectivity index (χ2v) is 6.74. The summed E-state index contributed by atoms with van der Waals surface area (Å²) in [7, 11) is 0. The van der Waals surface area contributed by atoms with Crippen molar-refractivity contribution in [3.05, 3.63) is 39.6 Å². The van der Waals surface area contributed by atoms with Crippen molar-refractivity contribution in [2.45, 2.75) is 26.8 Å². The highest BCUT2D eigenvalue weighted by Gasteiger charge is 2.21. The Kier molecular flexibility index (Phi) is 6.26. The average Bonchev–Trinajstić information content (AvgIpc) is 2.94. The number of benzene rings is 1. The third-order valence-electron chi connectivity index (χ3n) is 3.49. The van der Waals surface area contributed by atoms with E-state index in [2.05, 4.69) is 20.9 Å². The first kappa shape index (κ1) is 20.8. The molecule has 0 bridgehead atoms. The van der Waals surface area contributed by atoms with Crippen LogP contribution in [-0.2, 0) is 9.59 Å². The average molecular weight is 407 g/mol. The van der Waals surface area contributed by atoms with E-state index in [-0.39, 0.29) is 27.1 Å². The third-order valence-corrected chi connectivity index (χ3v) is 4.51. The topological polar surface area (TPSA) is 164 Å². The van der Waals surface area contributed by atoms with E-state index in [1.807, 2.05) is 0 Å². The fourth-order valence-corrected chi connectivity index (χ4v) is 2.99. The van der Waals surface area contributed by atoms with Crippen LogP contribution in [-0.4, -0.2) is 38.8 Å². The standard InChI is InChI=1S/C16H17N5O6S/c1-7-14(21(26)27)28-16(18-7)20-13(23)11-5-4-10(17-8(2)15(24)25)6-12(11)19-9(3)22/h4-6,8,17H,1-3H3,(H,19,22)(H,24,25)(H,18,20,23). The van der Waals surface area contributed by atoms with Gasteiger partial charge in [0.05, 0.1) is 16.2 Å². The van der Waals surface area contributed by atoms with Crippen LogP contribution in [0.1, 0.15) is 29.9 Å². The molecule has 28 heavy (non-hydrogen) atoms. The van der Waals surface area contributed by atoms with Crippen molar-refractivity contribution < 1.29 is 24.4 Å². The van der Waals surface area contributed by atoms with Crippen LogP contribution in [0, 0.1) is 17.0 Å². The smallest absolute Gasteiger partial charge is 0.348 e. The fraction of sp³-hybridized carbons (Fsp3) is 0.250. The number of carboxylic acids is 1. The maximum atomic E-state index is 12.6. The van der Waals surface area contributed by atoms with Gasteiger partial charge < -0.3 is 15.7 Å². The van der Waals surface area contributed by atoms with E-state index < -0.39 is 28.7 Å². The second kappa shape index (κ2) is 8.43. The van der Waals surface area contributed by atoms with Crippen LogP contribution in [0.4, 0.5) is 21.5 Å². The van der Waals surface area contributed by atoms with E-state index in [0.717, 1.165) is 11.3 Å². The highest BCUT2D eigenvalue weighted by atomic mass is 32.1. The molecular weight excluding hydrogens is 390 g/mol.